The van der Waals surface area contributed by atoms with Crippen LogP contribution in [0.15, 0.2) is 352 Å². The molecule has 0 unspecified atom stereocenters. The van der Waals surface area contributed by atoms with E-state index in [0.29, 0.717) is 11.4 Å². The second-order valence-electron chi connectivity index (χ2n) is 25.4. The van der Waals surface area contributed by atoms with Gasteiger partial charge in [-0.15, -0.1) is 0 Å². The van der Waals surface area contributed by atoms with Crippen LogP contribution in [-0.2, 0) is 0 Å². The molecule has 7 heterocycles. The molecule has 0 atom stereocenters. The van der Waals surface area contributed by atoms with Gasteiger partial charge < -0.3 is 28.4 Å². The lowest BCUT2D eigenvalue weighted by Crippen LogP contribution is -2.10. The Labute approximate surface area is 575 Å². The molecule has 468 valence electrons. The fourth-order valence-corrected chi connectivity index (χ4v) is 15.6. The lowest BCUT2D eigenvalue weighted by Gasteiger charge is -2.26. The molecule has 7 aromatic heterocycles. The predicted octanol–water partition coefficient (Wildman–Crippen LogP) is 23.9. The van der Waals surface area contributed by atoms with E-state index in [9.17, 15) is 0 Å². The van der Waals surface area contributed by atoms with Crippen LogP contribution in [0.5, 0.6) is 0 Å². The summed E-state index contributed by atoms with van der Waals surface area (Å²) < 4.78 is 5.13. The van der Waals surface area contributed by atoms with Crippen molar-refractivity contribution in [2.75, 3.05) is 19.6 Å². The maximum Gasteiger partial charge on any atom is 0.100 e. The average Bonchev–Trinajstić information content (AvgIpc) is 1.49. The van der Waals surface area contributed by atoms with Crippen molar-refractivity contribution in [1.82, 2.24) is 28.7 Å². The summed E-state index contributed by atoms with van der Waals surface area (Å²) in [4.78, 5) is 31.2. The highest BCUT2D eigenvalue weighted by Gasteiger charge is 2.33. The molecule has 100 heavy (non-hydrogen) atoms. The van der Waals surface area contributed by atoms with E-state index in [-0.39, 0.29) is 0 Å². The molecule has 10 heteroatoms. The lowest BCUT2D eigenvalue weighted by atomic mass is 9.99. The highest BCUT2D eigenvalue weighted by atomic mass is 15.2. The first kappa shape index (κ1) is 56.6. The van der Waals surface area contributed by atoms with Gasteiger partial charge in [0.05, 0.1) is 44.5 Å². The zero-order valence-electron chi connectivity index (χ0n) is 54.0. The van der Waals surface area contributed by atoms with E-state index < -0.39 is 0 Å². The molecular formula is C90H58N10. The molecule has 0 amide bonds. The normalized spacial score (nSPS) is 11.8. The van der Waals surface area contributed by atoms with E-state index in [0.717, 1.165) is 167 Å². The van der Waals surface area contributed by atoms with Gasteiger partial charge in [-0.05, 0) is 182 Å². The molecule has 0 fully saturated rings. The Morgan fingerprint density at radius 3 is 0.770 bits per heavy atom. The standard InChI is InChI=1S/C90H58N10/c1-9-29-61(30-10-1)95(62-31-11-2-12-32-62)69-45-47-79-73(51-69)75-53-71(97(65-37-17-5-18-38-65)66-39-19-6-20-40-66)55-77-81-85-86(94-84(60-28-26-50-92-58-60)83(93-85)59-27-25-49-91-57-59)82-78-56-72(98(67-41-21-7-22-42-67)68-43-23-8-24-44-68)54-76-74-52-70(96(63-33-13-3-14-34-63)64-35-15-4-16-36-64)46-48-80(74)100(88(76)78)90(82)89(81)99(79)87(75)77/h1-58H. The zero-order valence-corrected chi connectivity index (χ0v) is 54.0. The average molecular weight is 1280 g/mol. The van der Waals surface area contributed by atoms with Gasteiger partial charge in [-0.2, -0.15) is 0 Å². The summed E-state index contributed by atoms with van der Waals surface area (Å²) in [5.74, 6) is 0. The van der Waals surface area contributed by atoms with Gasteiger partial charge in [0.15, 0.2) is 0 Å². The highest BCUT2D eigenvalue weighted by molar-refractivity contribution is 6.40. The molecule has 0 saturated carbocycles. The molecular weight excluding hydrogens is 1220 g/mol. The third-order valence-corrected chi connectivity index (χ3v) is 19.7. The minimum atomic E-state index is 0.710. The van der Waals surface area contributed by atoms with Crippen molar-refractivity contribution in [3.8, 4) is 22.5 Å². The van der Waals surface area contributed by atoms with Gasteiger partial charge in [0.1, 0.15) is 11.0 Å². The van der Waals surface area contributed by atoms with E-state index in [1.807, 2.05) is 36.9 Å². The van der Waals surface area contributed by atoms with Gasteiger partial charge in [0.25, 0.3) is 0 Å². The van der Waals surface area contributed by atoms with Crippen LogP contribution in [0.25, 0.3) is 110 Å². The van der Waals surface area contributed by atoms with E-state index >= 15 is 0 Å². The molecule has 0 radical (unpaired) electrons. The summed E-state index contributed by atoms with van der Waals surface area (Å²) in [6.45, 7) is 0. The number of hydrogen-bond donors (Lipinski definition) is 0. The number of pyridine rings is 2. The number of para-hydroxylation sites is 8. The first-order valence-electron chi connectivity index (χ1n) is 33.8. The van der Waals surface area contributed by atoms with Gasteiger partial charge in [0, 0.05) is 147 Å². The number of anilines is 12. The van der Waals surface area contributed by atoms with Crippen molar-refractivity contribution in [3.05, 3.63) is 352 Å². The zero-order chi connectivity index (χ0) is 65.8. The summed E-state index contributed by atoms with van der Waals surface area (Å²) in [5, 5.41) is 8.47. The number of nitrogens with zero attached hydrogens (tertiary/aromatic N) is 10. The Bertz CT molecular complexity index is 5870. The van der Waals surface area contributed by atoms with E-state index in [4.69, 9.17) is 19.9 Å². The monoisotopic (exact) mass is 1280 g/mol. The minimum Gasteiger partial charge on any atom is -0.310 e. The number of rotatable bonds is 14. The van der Waals surface area contributed by atoms with Gasteiger partial charge in [-0.25, -0.2) is 9.97 Å². The van der Waals surface area contributed by atoms with Crippen LogP contribution >= 0.6 is 0 Å². The fraction of sp³-hybridized carbons (Fsp3) is 0. The summed E-state index contributed by atoms with van der Waals surface area (Å²) >= 11 is 0. The quantitative estimate of drug-likeness (QED) is 0.107. The van der Waals surface area contributed by atoms with Crippen LogP contribution < -0.4 is 19.6 Å². The van der Waals surface area contributed by atoms with Crippen LogP contribution in [0.1, 0.15) is 0 Å². The van der Waals surface area contributed by atoms with Crippen molar-refractivity contribution in [3.63, 3.8) is 0 Å². The summed E-state index contributed by atoms with van der Waals surface area (Å²) in [6.07, 6.45) is 7.44. The SMILES string of the molecule is c1ccc(N(c2ccccc2)c2ccc3c(c2)c2cc(N(c4ccccc4)c4ccccc4)cc4c5c6nc(-c7cccnc7)c(-c7cccnc7)nc6c6c7cc(N(c8ccccc8)c8ccccc8)cc8c9cc(N(c%10ccccc%10)c%10ccccc%10)ccc9n(c87)c6c5n3c24)cc1. The largest absolute Gasteiger partial charge is 0.310 e. The third-order valence-electron chi connectivity index (χ3n) is 19.7. The van der Waals surface area contributed by atoms with Crippen LogP contribution in [0.2, 0.25) is 0 Å². The van der Waals surface area contributed by atoms with Crippen molar-refractivity contribution in [1.29, 1.82) is 0 Å². The molecule has 0 N–H and O–H groups in total. The Hall–Kier alpha value is -13.7. The second kappa shape index (κ2) is 23.0. The molecule has 20 rings (SSSR count). The number of aromatic nitrogens is 6. The van der Waals surface area contributed by atoms with E-state index in [2.05, 4.69) is 344 Å². The lowest BCUT2D eigenvalue weighted by molar-refractivity contribution is 1.25. The number of benzene rings is 13. The molecule has 0 spiro atoms. The molecule has 20 aromatic rings. The van der Waals surface area contributed by atoms with Crippen molar-refractivity contribution < 1.29 is 0 Å². The van der Waals surface area contributed by atoms with Crippen molar-refractivity contribution >= 4 is 155 Å². The topological polar surface area (TPSA) is 73.3 Å². The molecule has 0 aliphatic carbocycles. The Morgan fingerprint density at radius 1 is 0.220 bits per heavy atom. The molecule has 0 aliphatic rings. The molecule has 10 nitrogen and oxygen atoms in total. The van der Waals surface area contributed by atoms with Crippen LogP contribution in [0, 0.1) is 0 Å². The van der Waals surface area contributed by atoms with Crippen LogP contribution in [-0.4, -0.2) is 28.7 Å². The highest BCUT2D eigenvalue weighted by Crippen LogP contribution is 2.54. The first-order chi connectivity index (χ1) is 49.7. The van der Waals surface area contributed by atoms with Gasteiger partial charge in [-0.1, -0.05) is 146 Å². The predicted molar refractivity (Wildman–Crippen MR) is 414 cm³/mol. The smallest absolute Gasteiger partial charge is 0.100 e. The van der Waals surface area contributed by atoms with Crippen LogP contribution in [0.4, 0.5) is 68.2 Å². The molecule has 0 aliphatic heterocycles. The van der Waals surface area contributed by atoms with Gasteiger partial charge >= 0.3 is 0 Å². The number of hydrogen-bond acceptors (Lipinski definition) is 8. The second-order valence-corrected chi connectivity index (χ2v) is 25.4. The van der Waals surface area contributed by atoms with Crippen molar-refractivity contribution in [2.24, 2.45) is 0 Å². The maximum absolute atomic E-state index is 6.12. The fourth-order valence-electron chi connectivity index (χ4n) is 15.6. The van der Waals surface area contributed by atoms with E-state index in [1.165, 1.54) is 0 Å². The Balaban J connectivity index is 1.01. The number of fused-ring (bicyclic) bond motifs is 16. The minimum absolute atomic E-state index is 0.710. The first-order valence-corrected chi connectivity index (χ1v) is 33.8. The van der Waals surface area contributed by atoms with Gasteiger partial charge in [-0.3, -0.25) is 9.97 Å². The van der Waals surface area contributed by atoms with Crippen LogP contribution in [0.3, 0.4) is 0 Å². The molecule has 0 saturated heterocycles. The third kappa shape index (κ3) is 8.90. The van der Waals surface area contributed by atoms with E-state index in [1.54, 1.807) is 0 Å². The molecule has 13 aromatic carbocycles. The maximum atomic E-state index is 6.12. The van der Waals surface area contributed by atoms with Crippen molar-refractivity contribution in [2.45, 2.75) is 0 Å². The Kier molecular flexibility index (Phi) is 13.0. The van der Waals surface area contributed by atoms with Gasteiger partial charge in [0.2, 0.25) is 0 Å². The summed E-state index contributed by atoms with van der Waals surface area (Å²) in [5.41, 5.74) is 23.4. The Morgan fingerprint density at radius 2 is 0.490 bits per heavy atom. The molecule has 0 bridgehead atoms. The summed E-state index contributed by atoms with van der Waals surface area (Å²) in [6, 6.07) is 118. The summed E-state index contributed by atoms with van der Waals surface area (Å²) in [7, 11) is 0.